The third kappa shape index (κ3) is 3.96. The van der Waals surface area contributed by atoms with Gasteiger partial charge in [-0.3, -0.25) is 14.2 Å². The van der Waals surface area contributed by atoms with Crippen LogP contribution in [0.2, 0.25) is 0 Å². The summed E-state index contributed by atoms with van der Waals surface area (Å²) in [5.74, 6) is 0.383. The number of nitrogens with zero attached hydrogens (tertiary/aromatic N) is 3. The van der Waals surface area contributed by atoms with Crippen LogP contribution in [0.4, 0.5) is 5.95 Å². The monoisotopic (exact) mass is 390 g/mol. The maximum atomic E-state index is 12.9. The number of fused-ring (bicyclic) bond motifs is 1. The third-order valence-corrected chi connectivity index (χ3v) is 6.00. The number of anilines is 1. The minimum absolute atomic E-state index is 0.0179. The molecule has 3 aromatic rings. The van der Waals surface area contributed by atoms with Gasteiger partial charge in [0, 0.05) is 24.5 Å². The highest BCUT2D eigenvalue weighted by Gasteiger charge is 2.18. The zero-order valence-corrected chi connectivity index (χ0v) is 16.5. The number of hydrogen-bond donors (Lipinski definition) is 1. The molecule has 0 aliphatic rings. The molecule has 1 N–H and O–H groups in total. The molecular weight excluding hydrogens is 368 g/mol. The molecule has 3 aromatic heterocycles. The van der Waals surface area contributed by atoms with Crippen LogP contribution in [0.1, 0.15) is 18.7 Å². The quantitative estimate of drug-likeness (QED) is 0.642. The Morgan fingerprint density at radius 2 is 2.04 bits per heavy atom. The van der Waals surface area contributed by atoms with Crippen molar-refractivity contribution >= 4 is 44.7 Å². The minimum Gasteiger partial charge on any atom is -0.354 e. The summed E-state index contributed by atoms with van der Waals surface area (Å²) in [6.07, 6.45) is 0.795. The molecule has 6 nitrogen and oxygen atoms in total. The summed E-state index contributed by atoms with van der Waals surface area (Å²) in [5.41, 5.74) is 0.538. The van der Waals surface area contributed by atoms with Crippen molar-refractivity contribution in [3.8, 4) is 0 Å². The molecule has 0 saturated carbocycles. The Bertz CT molecular complexity index is 926. The lowest BCUT2D eigenvalue weighted by molar-refractivity contribution is -0.121. The number of nitrogens with one attached hydrogen (secondary N) is 1. The van der Waals surface area contributed by atoms with Crippen molar-refractivity contribution in [2.75, 3.05) is 24.5 Å². The summed E-state index contributed by atoms with van der Waals surface area (Å²) < 4.78 is 2.08. The third-order valence-electron chi connectivity index (χ3n) is 4.17. The molecule has 8 heteroatoms. The van der Waals surface area contributed by atoms with Crippen LogP contribution in [0.3, 0.4) is 0 Å². The topological polar surface area (TPSA) is 67.2 Å². The van der Waals surface area contributed by atoms with E-state index in [1.54, 1.807) is 11.3 Å². The molecule has 0 atom stereocenters. The largest absolute Gasteiger partial charge is 0.354 e. The number of rotatable bonds is 8. The number of carbonyl (C=O) groups is 1. The van der Waals surface area contributed by atoms with Gasteiger partial charge in [-0.2, -0.15) is 0 Å². The van der Waals surface area contributed by atoms with Gasteiger partial charge in [-0.15, -0.1) is 22.7 Å². The summed E-state index contributed by atoms with van der Waals surface area (Å²) in [6, 6.07) is 5.90. The van der Waals surface area contributed by atoms with Crippen LogP contribution in [0.5, 0.6) is 0 Å². The molecule has 1 amide bonds. The van der Waals surface area contributed by atoms with E-state index in [0.29, 0.717) is 22.7 Å². The van der Waals surface area contributed by atoms with E-state index in [1.807, 2.05) is 41.6 Å². The van der Waals surface area contributed by atoms with Gasteiger partial charge in [-0.25, -0.2) is 4.98 Å². The van der Waals surface area contributed by atoms with Crippen LogP contribution >= 0.6 is 22.7 Å². The van der Waals surface area contributed by atoms with Gasteiger partial charge in [-0.05, 0) is 43.2 Å². The first-order valence-electron chi connectivity index (χ1n) is 8.66. The van der Waals surface area contributed by atoms with E-state index in [2.05, 4.69) is 16.4 Å². The molecule has 3 rings (SSSR count). The average Bonchev–Trinajstić information content (AvgIpc) is 3.31. The molecular formula is C18H22N4O2S2. The lowest BCUT2D eigenvalue weighted by Crippen LogP contribution is -2.37. The molecule has 0 radical (unpaired) electrons. The van der Waals surface area contributed by atoms with E-state index < -0.39 is 0 Å². The normalized spacial score (nSPS) is 11.0. The van der Waals surface area contributed by atoms with Gasteiger partial charge in [-0.1, -0.05) is 6.07 Å². The standard InChI is InChI=1S/C18H22N4O2S2/c1-3-21(4-2)18-20-14-8-11-26-16(14)17(24)22(18)12-15(23)19-9-7-13-6-5-10-25-13/h5-6,8,10-11H,3-4,7,9,12H2,1-2H3,(H,19,23). The Morgan fingerprint density at radius 3 is 2.73 bits per heavy atom. The van der Waals surface area contributed by atoms with E-state index in [-0.39, 0.29) is 18.0 Å². The van der Waals surface area contributed by atoms with Gasteiger partial charge in [0.1, 0.15) is 11.2 Å². The molecule has 26 heavy (non-hydrogen) atoms. The van der Waals surface area contributed by atoms with E-state index in [1.165, 1.54) is 20.8 Å². The van der Waals surface area contributed by atoms with Gasteiger partial charge in [0.05, 0.1) is 5.52 Å². The summed E-state index contributed by atoms with van der Waals surface area (Å²) >= 11 is 3.04. The van der Waals surface area contributed by atoms with Crippen LogP contribution in [0, 0.1) is 0 Å². The van der Waals surface area contributed by atoms with Crippen molar-refractivity contribution in [1.82, 2.24) is 14.9 Å². The fraction of sp³-hybridized carbons (Fsp3) is 0.389. The first-order chi connectivity index (χ1) is 12.6. The van der Waals surface area contributed by atoms with Crippen molar-refractivity contribution in [2.24, 2.45) is 0 Å². The fourth-order valence-corrected chi connectivity index (χ4v) is 4.29. The highest BCUT2D eigenvalue weighted by Crippen LogP contribution is 2.19. The number of hydrogen-bond acceptors (Lipinski definition) is 6. The maximum Gasteiger partial charge on any atom is 0.273 e. The van der Waals surface area contributed by atoms with Crippen LogP contribution < -0.4 is 15.8 Å². The smallest absolute Gasteiger partial charge is 0.273 e. The second kappa shape index (κ2) is 8.46. The molecule has 138 valence electrons. The number of carbonyl (C=O) groups excluding carboxylic acids is 1. The SMILES string of the molecule is CCN(CC)c1nc2ccsc2c(=O)n1CC(=O)NCCc1cccs1. The van der Waals surface area contributed by atoms with Crippen LogP contribution in [0.25, 0.3) is 10.2 Å². The lowest BCUT2D eigenvalue weighted by Gasteiger charge is -2.23. The van der Waals surface area contributed by atoms with Crippen LogP contribution in [0.15, 0.2) is 33.8 Å². The van der Waals surface area contributed by atoms with Crippen molar-refractivity contribution < 1.29 is 4.79 Å². The van der Waals surface area contributed by atoms with Gasteiger partial charge in [0.15, 0.2) is 0 Å². The van der Waals surface area contributed by atoms with Gasteiger partial charge < -0.3 is 10.2 Å². The summed E-state index contributed by atoms with van der Waals surface area (Å²) in [7, 11) is 0. The van der Waals surface area contributed by atoms with Gasteiger partial charge in [0.25, 0.3) is 5.56 Å². The molecule has 0 aliphatic carbocycles. The average molecular weight is 391 g/mol. The Kier molecular flexibility index (Phi) is 6.05. The number of aromatic nitrogens is 2. The highest BCUT2D eigenvalue weighted by atomic mass is 32.1. The Hall–Kier alpha value is -2.19. The van der Waals surface area contributed by atoms with Crippen LogP contribution in [-0.2, 0) is 17.8 Å². The molecule has 0 saturated heterocycles. The maximum absolute atomic E-state index is 12.9. The summed E-state index contributed by atoms with van der Waals surface area (Å²) in [6.45, 7) is 6.01. The van der Waals surface area contributed by atoms with Crippen molar-refractivity contribution in [3.05, 3.63) is 44.2 Å². The van der Waals surface area contributed by atoms with Crippen molar-refractivity contribution in [3.63, 3.8) is 0 Å². The minimum atomic E-state index is -0.172. The molecule has 0 spiro atoms. The second-order valence-corrected chi connectivity index (χ2v) is 7.74. The Morgan fingerprint density at radius 1 is 1.23 bits per heavy atom. The zero-order chi connectivity index (χ0) is 18.5. The summed E-state index contributed by atoms with van der Waals surface area (Å²) in [5, 5.41) is 6.79. The number of thiophene rings is 2. The highest BCUT2D eigenvalue weighted by molar-refractivity contribution is 7.17. The van der Waals surface area contributed by atoms with E-state index in [0.717, 1.165) is 19.5 Å². The summed E-state index contributed by atoms with van der Waals surface area (Å²) in [4.78, 5) is 33.1. The zero-order valence-electron chi connectivity index (χ0n) is 14.9. The van der Waals surface area contributed by atoms with E-state index in [9.17, 15) is 9.59 Å². The molecule has 0 aliphatic heterocycles. The van der Waals surface area contributed by atoms with Gasteiger partial charge >= 0.3 is 0 Å². The van der Waals surface area contributed by atoms with Crippen molar-refractivity contribution in [2.45, 2.75) is 26.8 Å². The molecule has 0 unspecified atom stereocenters. The predicted octanol–water partition coefficient (Wildman–Crippen LogP) is 2.72. The van der Waals surface area contributed by atoms with Crippen molar-refractivity contribution in [1.29, 1.82) is 0 Å². The van der Waals surface area contributed by atoms with E-state index >= 15 is 0 Å². The first kappa shape index (κ1) is 18.6. The number of amides is 1. The predicted molar refractivity (Wildman–Crippen MR) is 108 cm³/mol. The Labute approximate surface area is 160 Å². The molecule has 0 fully saturated rings. The molecule has 3 heterocycles. The first-order valence-corrected chi connectivity index (χ1v) is 10.4. The van der Waals surface area contributed by atoms with Gasteiger partial charge in [0.2, 0.25) is 11.9 Å². The van der Waals surface area contributed by atoms with Crippen LogP contribution in [-0.4, -0.2) is 35.1 Å². The second-order valence-electron chi connectivity index (χ2n) is 5.79. The fourth-order valence-electron chi connectivity index (χ4n) is 2.80. The lowest BCUT2D eigenvalue weighted by atomic mass is 10.3. The molecule has 0 bridgehead atoms. The van der Waals surface area contributed by atoms with E-state index in [4.69, 9.17) is 0 Å². The Balaban J connectivity index is 1.80. The molecule has 0 aromatic carbocycles.